The number of hydrogen-bond acceptors (Lipinski definition) is 4. The number of carbonyl (C=O) groups is 2. The molecule has 2 amide bonds. The van der Waals surface area contributed by atoms with E-state index < -0.39 is 0 Å². The van der Waals surface area contributed by atoms with Crippen molar-refractivity contribution in [2.75, 3.05) is 11.9 Å². The molecule has 1 atom stereocenters. The Morgan fingerprint density at radius 3 is 2.95 bits per heavy atom. The summed E-state index contributed by atoms with van der Waals surface area (Å²) in [5.74, 6) is -0.0731. The molecule has 0 saturated carbocycles. The Labute approximate surface area is 121 Å². The topological polar surface area (TPSA) is 62.3 Å². The first-order valence-corrected chi connectivity index (χ1v) is 7.53. The van der Waals surface area contributed by atoms with Crippen molar-refractivity contribution >= 4 is 39.9 Å². The number of carbonyl (C=O) groups excluding carboxylic acids is 2. The Morgan fingerprint density at radius 2 is 2.42 bits per heavy atom. The second-order valence-corrected chi connectivity index (χ2v) is 5.93. The first-order valence-electron chi connectivity index (χ1n) is 6.12. The minimum atomic E-state index is -0.293. The van der Waals surface area contributed by atoms with Crippen molar-refractivity contribution in [1.29, 1.82) is 0 Å². The van der Waals surface area contributed by atoms with Crippen LogP contribution < -0.4 is 5.32 Å². The highest BCUT2D eigenvalue weighted by atomic mass is 35.5. The lowest BCUT2D eigenvalue weighted by molar-refractivity contribution is -0.129. The van der Waals surface area contributed by atoms with E-state index in [0.29, 0.717) is 17.6 Å². The molecule has 7 heteroatoms. The summed E-state index contributed by atoms with van der Waals surface area (Å²) < 4.78 is 0. The van der Waals surface area contributed by atoms with Gasteiger partial charge in [-0.15, -0.1) is 22.9 Å². The fraction of sp³-hybridized carbons (Fsp3) is 0.583. The number of likely N-dealkylation sites (tertiary alicyclic amines) is 1. The molecule has 1 aliphatic rings. The van der Waals surface area contributed by atoms with Gasteiger partial charge in [0.15, 0.2) is 5.13 Å². The predicted molar refractivity (Wildman–Crippen MR) is 75.3 cm³/mol. The van der Waals surface area contributed by atoms with E-state index in [9.17, 15) is 9.59 Å². The largest absolute Gasteiger partial charge is 0.339 e. The first-order chi connectivity index (χ1) is 9.01. The van der Waals surface area contributed by atoms with Gasteiger partial charge in [0.25, 0.3) is 0 Å². The Hall–Kier alpha value is -1.14. The van der Waals surface area contributed by atoms with Crippen molar-refractivity contribution in [1.82, 2.24) is 9.88 Å². The van der Waals surface area contributed by atoms with Crippen LogP contribution in [0.2, 0.25) is 0 Å². The molecule has 1 fully saturated rings. The third-order valence-corrected chi connectivity index (χ3v) is 4.15. The summed E-state index contributed by atoms with van der Waals surface area (Å²) in [6.07, 6.45) is 0.276. The Balaban J connectivity index is 1.96. The Morgan fingerprint density at radius 1 is 1.68 bits per heavy atom. The molecular formula is C12H16ClN3O2S. The lowest BCUT2D eigenvalue weighted by atomic mass is 10.1. The summed E-state index contributed by atoms with van der Waals surface area (Å²) in [5.41, 5.74) is 0.744. The minimum Gasteiger partial charge on any atom is -0.339 e. The van der Waals surface area contributed by atoms with Gasteiger partial charge in [0, 0.05) is 24.4 Å². The van der Waals surface area contributed by atoms with Gasteiger partial charge < -0.3 is 10.2 Å². The summed E-state index contributed by atoms with van der Waals surface area (Å²) in [7, 11) is 0. The van der Waals surface area contributed by atoms with E-state index in [0.717, 1.165) is 5.69 Å². The maximum atomic E-state index is 12.1. The van der Waals surface area contributed by atoms with Crippen molar-refractivity contribution in [2.24, 2.45) is 5.92 Å². The molecule has 1 saturated heterocycles. The van der Waals surface area contributed by atoms with Crippen LogP contribution >= 0.6 is 22.9 Å². The number of anilines is 1. The second kappa shape index (κ2) is 5.88. The molecule has 104 valence electrons. The molecule has 1 aromatic rings. The number of hydrogen-bond donors (Lipinski definition) is 1. The third kappa shape index (κ3) is 3.25. The number of halogens is 1. The van der Waals surface area contributed by atoms with Crippen LogP contribution in [0.15, 0.2) is 5.38 Å². The maximum absolute atomic E-state index is 12.1. The molecule has 0 aromatic carbocycles. The SMILES string of the molecule is CC(C)N1CC(C(=O)Nc2nc(CCl)cs2)CC1=O. The molecule has 2 heterocycles. The molecule has 1 N–H and O–H groups in total. The van der Waals surface area contributed by atoms with Crippen LogP contribution in [0.3, 0.4) is 0 Å². The summed E-state index contributed by atoms with van der Waals surface area (Å²) in [6.45, 7) is 4.38. The molecule has 2 rings (SSSR count). The summed E-state index contributed by atoms with van der Waals surface area (Å²) in [6, 6.07) is 0.132. The van der Waals surface area contributed by atoms with Gasteiger partial charge in [-0.05, 0) is 13.8 Å². The summed E-state index contributed by atoms with van der Waals surface area (Å²) >= 11 is 7.00. The lowest BCUT2D eigenvalue weighted by Gasteiger charge is -2.20. The Bertz CT molecular complexity index is 489. The molecule has 0 aliphatic carbocycles. The predicted octanol–water partition coefficient (Wildman–Crippen LogP) is 2.08. The number of thiazole rings is 1. The average Bonchev–Trinajstić information content (AvgIpc) is 2.95. The van der Waals surface area contributed by atoms with E-state index in [1.165, 1.54) is 11.3 Å². The third-order valence-electron chi connectivity index (χ3n) is 3.07. The minimum absolute atomic E-state index is 0.0377. The van der Waals surface area contributed by atoms with Gasteiger partial charge in [0.2, 0.25) is 11.8 Å². The standard InChI is InChI=1S/C12H16ClN3O2S/c1-7(2)16-5-8(3-10(16)17)11(18)15-12-14-9(4-13)6-19-12/h6-8H,3-5H2,1-2H3,(H,14,15,18). The summed E-state index contributed by atoms with van der Waals surface area (Å²) in [5, 5.41) is 5.10. The van der Waals surface area contributed by atoms with E-state index in [1.807, 2.05) is 19.2 Å². The van der Waals surface area contributed by atoms with Crippen LogP contribution in [0, 0.1) is 5.92 Å². The van der Waals surface area contributed by atoms with Crippen molar-refractivity contribution in [3.8, 4) is 0 Å². The van der Waals surface area contributed by atoms with Crippen LogP contribution in [0.1, 0.15) is 26.0 Å². The van der Waals surface area contributed by atoms with Gasteiger partial charge in [0.05, 0.1) is 17.5 Å². The zero-order valence-electron chi connectivity index (χ0n) is 10.9. The molecule has 1 aromatic heterocycles. The molecule has 1 aliphatic heterocycles. The van der Waals surface area contributed by atoms with Crippen molar-refractivity contribution < 1.29 is 9.59 Å². The number of nitrogens with one attached hydrogen (secondary N) is 1. The maximum Gasteiger partial charge on any atom is 0.231 e. The summed E-state index contributed by atoms with van der Waals surface area (Å²) in [4.78, 5) is 29.7. The fourth-order valence-corrected chi connectivity index (χ4v) is 2.98. The van der Waals surface area contributed by atoms with Gasteiger partial charge in [-0.1, -0.05) is 0 Å². The van der Waals surface area contributed by atoms with Crippen LogP contribution in [-0.2, 0) is 15.5 Å². The van der Waals surface area contributed by atoms with Crippen molar-refractivity contribution in [2.45, 2.75) is 32.2 Å². The molecule has 19 heavy (non-hydrogen) atoms. The number of nitrogens with zero attached hydrogens (tertiary/aromatic N) is 2. The molecule has 0 spiro atoms. The van der Waals surface area contributed by atoms with E-state index >= 15 is 0 Å². The fourth-order valence-electron chi connectivity index (χ4n) is 2.04. The zero-order valence-corrected chi connectivity index (χ0v) is 12.4. The van der Waals surface area contributed by atoms with Crippen LogP contribution in [0.25, 0.3) is 0 Å². The van der Waals surface area contributed by atoms with Gasteiger partial charge in [-0.2, -0.15) is 0 Å². The quantitative estimate of drug-likeness (QED) is 0.866. The number of aromatic nitrogens is 1. The zero-order chi connectivity index (χ0) is 14.0. The van der Waals surface area contributed by atoms with Crippen molar-refractivity contribution in [3.05, 3.63) is 11.1 Å². The van der Waals surface area contributed by atoms with E-state index in [2.05, 4.69) is 10.3 Å². The molecule has 1 unspecified atom stereocenters. The van der Waals surface area contributed by atoms with Crippen LogP contribution in [-0.4, -0.2) is 34.3 Å². The number of rotatable bonds is 4. The van der Waals surface area contributed by atoms with Crippen LogP contribution in [0.4, 0.5) is 5.13 Å². The van der Waals surface area contributed by atoms with E-state index in [-0.39, 0.29) is 30.2 Å². The molecular weight excluding hydrogens is 286 g/mol. The van der Waals surface area contributed by atoms with Gasteiger partial charge in [-0.25, -0.2) is 4.98 Å². The van der Waals surface area contributed by atoms with Crippen LogP contribution in [0.5, 0.6) is 0 Å². The average molecular weight is 302 g/mol. The Kier molecular flexibility index (Phi) is 4.42. The molecule has 0 bridgehead atoms. The number of amides is 2. The highest BCUT2D eigenvalue weighted by Crippen LogP contribution is 2.23. The van der Waals surface area contributed by atoms with E-state index in [1.54, 1.807) is 4.90 Å². The molecule has 0 radical (unpaired) electrons. The van der Waals surface area contributed by atoms with Crippen molar-refractivity contribution in [3.63, 3.8) is 0 Å². The monoisotopic (exact) mass is 301 g/mol. The smallest absolute Gasteiger partial charge is 0.231 e. The van der Waals surface area contributed by atoms with Gasteiger partial charge >= 0.3 is 0 Å². The lowest BCUT2D eigenvalue weighted by Crippen LogP contribution is -2.33. The highest BCUT2D eigenvalue weighted by molar-refractivity contribution is 7.13. The van der Waals surface area contributed by atoms with E-state index in [4.69, 9.17) is 11.6 Å². The molecule has 5 nitrogen and oxygen atoms in total. The first kappa shape index (κ1) is 14.3. The van der Waals surface area contributed by atoms with Gasteiger partial charge in [-0.3, -0.25) is 9.59 Å². The normalized spacial score (nSPS) is 19.3. The number of alkyl halides is 1. The highest BCUT2D eigenvalue weighted by Gasteiger charge is 2.35. The second-order valence-electron chi connectivity index (χ2n) is 4.81. The van der Waals surface area contributed by atoms with Gasteiger partial charge in [0.1, 0.15) is 0 Å².